The quantitative estimate of drug-likeness (QED) is 0.490. The first-order chi connectivity index (χ1) is 8.65. The summed E-state index contributed by atoms with van der Waals surface area (Å²) in [6.45, 7) is 2.88. The van der Waals surface area contributed by atoms with Gasteiger partial charge < -0.3 is 0 Å². The molecule has 0 radical (unpaired) electrons. The number of nitrogens with one attached hydrogen (secondary N) is 1. The van der Waals surface area contributed by atoms with Gasteiger partial charge in [0, 0.05) is 26.9 Å². The van der Waals surface area contributed by atoms with E-state index in [1.165, 1.54) is 0 Å². The Bertz CT molecular complexity index is 541. The average Bonchev–Trinajstić information content (AvgIpc) is 2.83. The summed E-state index contributed by atoms with van der Waals surface area (Å²) >= 11 is 8.32. The largest absolute Gasteiger partial charge is 0.273 e. The van der Waals surface area contributed by atoms with Gasteiger partial charge in [0.05, 0.1) is 12.2 Å². The van der Waals surface area contributed by atoms with Crippen LogP contribution in [0.25, 0.3) is 0 Å². The van der Waals surface area contributed by atoms with E-state index in [-0.39, 0.29) is 6.04 Å². The van der Waals surface area contributed by atoms with Gasteiger partial charge in [0.25, 0.3) is 0 Å². The summed E-state index contributed by atoms with van der Waals surface area (Å²) in [5, 5.41) is 4.97. The van der Waals surface area contributed by atoms with Crippen LogP contribution in [0.5, 0.6) is 0 Å². The first-order valence-electron chi connectivity index (χ1n) is 5.59. The van der Waals surface area contributed by atoms with Gasteiger partial charge in [-0.15, -0.1) is 0 Å². The molecule has 1 aromatic heterocycles. The molecule has 96 valence electrons. The van der Waals surface area contributed by atoms with Gasteiger partial charge in [-0.1, -0.05) is 11.6 Å². The van der Waals surface area contributed by atoms with Crippen LogP contribution in [0, 0.1) is 3.57 Å². The summed E-state index contributed by atoms with van der Waals surface area (Å²) in [6, 6.07) is 5.68. The molecule has 0 aliphatic carbocycles. The number of hydrogen-bond donors (Lipinski definition) is 2. The van der Waals surface area contributed by atoms with Crippen molar-refractivity contribution in [2.45, 2.75) is 19.5 Å². The highest BCUT2D eigenvalue weighted by molar-refractivity contribution is 14.1. The Balaban J connectivity index is 2.41. The number of nitrogens with two attached hydrogens (primary N) is 1. The third-order valence-corrected chi connectivity index (χ3v) is 3.96. The summed E-state index contributed by atoms with van der Waals surface area (Å²) in [5.74, 6) is 5.67. The minimum Gasteiger partial charge on any atom is -0.273 e. The van der Waals surface area contributed by atoms with Crippen LogP contribution < -0.4 is 11.3 Å². The minimum atomic E-state index is -0.101. The van der Waals surface area contributed by atoms with E-state index in [1.807, 2.05) is 42.2 Å². The molecule has 0 amide bonds. The molecule has 4 nitrogen and oxygen atoms in total. The number of benzene rings is 1. The lowest BCUT2D eigenvalue weighted by Crippen LogP contribution is -2.29. The van der Waals surface area contributed by atoms with Crippen molar-refractivity contribution < 1.29 is 0 Å². The maximum atomic E-state index is 6.05. The fraction of sp³-hybridized carbons (Fsp3) is 0.250. The zero-order valence-corrected chi connectivity index (χ0v) is 12.8. The van der Waals surface area contributed by atoms with Crippen molar-refractivity contribution >= 4 is 34.2 Å². The van der Waals surface area contributed by atoms with Gasteiger partial charge in [-0.05, 0) is 53.3 Å². The first-order valence-corrected chi connectivity index (χ1v) is 7.04. The van der Waals surface area contributed by atoms with Gasteiger partial charge in [-0.25, -0.2) is 5.43 Å². The summed E-state index contributed by atoms with van der Waals surface area (Å²) in [4.78, 5) is 0. The topological polar surface area (TPSA) is 55.9 Å². The Hall–Kier alpha value is -0.630. The molecule has 1 aromatic carbocycles. The van der Waals surface area contributed by atoms with Crippen molar-refractivity contribution in [1.82, 2.24) is 15.2 Å². The monoisotopic (exact) mass is 376 g/mol. The van der Waals surface area contributed by atoms with Crippen LogP contribution >= 0.6 is 34.2 Å². The number of halogens is 2. The van der Waals surface area contributed by atoms with E-state index in [0.29, 0.717) is 5.02 Å². The predicted molar refractivity (Wildman–Crippen MR) is 81.2 cm³/mol. The van der Waals surface area contributed by atoms with E-state index in [1.54, 1.807) is 0 Å². The molecule has 0 fully saturated rings. The first kappa shape index (κ1) is 13.8. The van der Waals surface area contributed by atoms with Crippen LogP contribution in [-0.2, 0) is 6.54 Å². The second kappa shape index (κ2) is 6.01. The summed E-state index contributed by atoms with van der Waals surface area (Å²) < 4.78 is 2.99. The van der Waals surface area contributed by atoms with Crippen LogP contribution in [0.2, 0.25) is 5.02 Å². The number of nitrogens with zero attached hydrogens (tertiary/aromatic N) is 2. The van der Waals surface area contributed by atoms with Gasteiger partial charge in [-0.2, -0.15) is 5.10 Å². The molecule has 6 heteroatoms. The second-order valence-electron chi connectivity index (χ2n) is 3.89. The lowest BCUT2D eigenvalue weighted by Gasteiger charge is -2.16. The second-order valence-corrected chi connectivity index (χ2v) is 5.49. The number of hydrazine groups is 1. The van der Waals surface area contributed by atoms with Crippen molar-refractivity contribution in [2.24, 2.45) is 5.84 Å². The zero-order valence-electron chi connectivity index (χ0n) is 9.90. The molecule has 2 aromatic rings. The van der Waals surface area contributed by atoms with E-state index >= 15 is 0 Å². The molecule has 0 aliphatic heterocycles. The summed E-state index contributed by atoms with van der Waals surface area (Å²) in [6.07, 6.45) is 3.81. The molecule has 0 bridgehead atoms. The Morgan fingerprint density at radius 1 is 1.56 bits per heavy atom. The number of rotatable bonds is 4. The number of aryl methyl sites for hydroxylation is 1. The van der Waals surface area contributed by atoms with Crippen LogP contribution in [-0.4, -0.2) is 9.78 Å². The molecule has 0 aliphatic rings. The molecule has 0 saturated carbocycles. The van der Waals surface area contributed by atoms with Crippen LogP contribution in [0.15, 0.2) is 30.6 Å². The Morgan fingerprint density at radius 2 is 2.33 bits per heavy atom. The summed E-state index contributed by atoms with van der Waals surface area (Å²) in [7, 11) is 0. The van der Waals surface area contributed by atoms with Crippen LogP contribution in [0.4, 0.5) is 0 Å². The minimum absolute atomic E-state index is 0.101. The maximum Gasteiger partial charge on any atom is 0.0751 e. The van der Waals surface area contributed by atoms with E-state index < -0.39 is 0 Å². The summed E-state index contributed by atoms with van der Waals surface area (Å²) in [5.41, 5.74) is 4.91. The molecule has 1 atom stereocenters. The van der Waals surface area contributed by atoms with Crippen molar-refractivity contribution in [3.05, 3.63) is 50.3 Å². The third kappa shape index (κ3) is 2.85. The van der Waals surface area contributed by atoms with Crippen molar-refractivity contribution in [3.63, 3.8) is 0 Å². The van der Waals surface area contributed by atoms with Gasteiger partial charge in [0.15, 0.2) is 0 Å². The number of hydrogen-bond acceptors (Lipinski definition) is 3. The Labute approximate surface area is 125 Å². The van der Waals surface area contributed by atoms with E-state index in [0.717, 1.165) is 21.2 Å². The molecule has 3 N–H and O–H groups in total. The van der Waals surface area contributed by atoms with Gasteiger partial charge in [-0.3, -0.25) is 10.5 Å². The van der Waals surface area contributed by atoms with Crippen molar-refractivity contribution in [2.75, 3.05) is 0 Å². The highest BCUT2D eigenvalue weighted by Gasteiger charge is 2.17. The molecule has 1 heterocycles. The molecule has 0 spiro atoms. The normalized spacial score (nSPS) is 12.7. The highest BCUT2D eigenvalue weighted by Crippen LogP contribution is 2.27. The van der Waals surface area contributed by atoms with Crippen molar-refractivity contribution in [3.8, 4) is 0 Å². The average molecular weight is 377 g/mol. The SMILES string of the molecule is CCn1cc(C(NN)c2cc(Cl)ccc2I)cn1. The fourth-order valence-corrected chi connectivity index (χ4v) is 2.63. The molecular formula is C12H14ClIN4. The molecule has 18 heavy (non-hydrogen) atoms. The Morgan fingerprint density at radius 3 is 2.94 bits per heavy atom. The third-order valence-electron chi connectivity index (χ3n) is 2.75. The van der Waals surface area contributed by atoms with Gasteiger partial charge >= 0.3 is 0 Å². The highest BCUT2D eigenvalue weighted by atomic mass is 127. The van der Waals surface area contributed by atoms with Crippen LogP contribution in [0.3, 0.4) is 0 Å². The molecule has 0 saturated heterocycles. The predicted octanol–water partition coefficient (Wildman–Crippen LogP) is 2.71. The molecule has 2 rings (SSSR count). The van der Waals surface area contributed by atoms with Gasteiger partial charge in [0.2, 0.25) is 0 Å². The van der Waals surface area contributed by atoms with E-state index in [4.69, 9.17) is 17.4 Å². The maximum absolute atomic E-state index is 6.05. The lowest BCUT2D eigenvalue weighted by molar-refractivity contribution is 0.628. The fourth-order valence-electron chi connectivity index (χ4n) is 1.80. The molecular weight excluding hydrogens is 363 g/mol. The van der Waals surface area contributed by atoms with E-state index in [2.05, 4.69) is 33.1 Å². The van der Waals surface area contributed by atoms with Crippen LogP contribution in [0.1, 0.15) is 24.1 Å². The van der Waals surface area contributed by atoms with Crippen molar-refractivity contribution in [1.29, 1.82) is 0 Å². The molecule has 1 unspecified atom stereocenters. The number of aromatic nitrogens is 2. The van der Waals surface area contributed by atoms with E-state index in [9.17, 15) is 0 Å². The zero-order chi connectivity index (χ0) is 13.1. The lowest BCUT2D eigenvalue weighted by atomic mass is 10.0. The Kier molecular flexibility index (Phi) is 4.60. The standard InChI is InChI=1S/C12H14ClIN4/c1-2-18-7-8(6-16-18)12(17-15)10-5-9(13)3-4-11(10)14/h3-7,12,17H,2,15H2,1H3. The van der Waals surface area contributed by atoms with Gasteiger partial charge in [0.1, 0.15) is 0 Å². The smallest absolute Gasteiger partial charge is 0.0751 e.